The van der Waals surface area contributed by atoms with E-state index in [1.165, 1.54) is 11.8 Å². The summed E-state index contributed by atoms with van der Waals surface area (Å²) in [6.45, 7) is 6.02. The summed E-state index contributed by atoms with van der Waals surface area (Å²) in [5.41, 5.74) is 1.28. The second kappa shape index (κ2) is 11.8. The lowest BCUT2D eigenvalue weighted by atomic mass is 10.0. The average Bonchev–Trinajstić information content (AvgIpc) is 3.18. The number of ether oxygens (including phenoxy) is 1. The van der Waals surface area contributed by atoms with Gasteiger partial charge in [0.1, 0.15) is 9.84 Å². The standard InChI is InChI=1S/C17H31N5O3S.HI/c1-4-18-17(19-6-8-25-9-10-26(3,23)24)22-7-5-15(14-22)11-16-12-20-21(2)13-16;/h12-13,15H,4-11,14H2,1-3H3,(H,18,19);1H. The second-order valence-electron chi connectivity index (χ2n) is 6.80. The summed E-state index contributed by atoms with van der Waals surface area (Å²) in [5, 5.41) is 7.57. The molecule has 0 aliphatic carbocycles. The van der Waals surface area contributed by atoms with Crippen molar-refractivity contribution in [3.8, 4) is 0 Å². The smallest absolute Gasteiger partial charge is 0.194 e. The zero-order valence-corrected chi connectivity index (χ0v) is 19.6. The molecule has 1 atom stereocenters. The molecule has 1 aliphatic heterocycles. The van der Waals surface area contributed by atoms with Crippen LogP contribution < -0.4 is 5.32 Å². The highest BCUT2D eigenvalue weighted by atomic mass is 127. The van der Waals surface area contributed by atoms with Gasteiger partial charge in [0.2, 0.25) is 0 Å². The minimum absolute atomic E-state index is 0. The Labute approximate surface area is 179 Å². The van der Waals surface area contributed by atoms with Crippen LogP contribution in [-0.4, -0.2) is 80.5 Å². The quantitative estimate of drug-likeness (QED) is 0.229. The number of nitrogens with zero attached hydrogens (tertiary/aromatic N) is 4. The Hall–Kier alpha value is -0.880. The molecule has 2 rings (SSSR count). The maximum absolute atomic E-state index is 11.1. The van der Waals surface area contributed by atoms with Crippen molar-refractivity contribution < 1.29 is 13.2 Å². The Morgan fingerprint density at radius 2 is 2.22 bits per heavy atom. The number of rotatable bonds is 9. The average molecular weight is 513 g/mol. The summed E-state index contributed by atoms with van der Waals surface area (Å²) >= 11 is 0. The van der Waals surface area contributed by atoms with Gasteiger partial charge in [-0.25, -0.2) is 8.42 Å². The SMILES string of the molecule is CCNC(=NCCOCCS(C)(=O)=O)N1CCC(Cc2cnn(C)c2)C1.I. The predicted octanol–water partition coefficient (Wildman–Crippen LogP) is 0.929. The van der Waals surface area contributed by atoms with E-state index in [1.54, 1.807) is 0 Å². The van der Waals surface area contributed by atoms with Crippen LogP contribution in [0.5, 0.6) is 0 Å². The van der Waals surface area contributed by atoms with Crippen LogP contribution in [0.2, 0.25) is 0 Å². The highest BCUT2D eigenvalue weighted by Crippen LogP contribution is 2.20. The van der Waals surface area contributed by atoms with E-state index >= 15 is 0 Å². The molecule has 1 saturated heterocycles. The number of hydrogen-bond donors (Lipinski definition) is 1. The van der Waals surface area contributed by atoms with Crippen molar-refractivity contribution in [2.24, 2.45) is 18.0 Å². The Kier molecular flexibility index (Phi) is 10.6. The van der Waals surface area contributed by atoms with Gasteiger partial charge < -0.3 is 15.0 Å². The molecule has 0 saturated carbocycles. The number of aryl methyl sites for hydroxylation is 1. The monoisotopic (exact) mass is 513 g/mol. The molecule has 1 unspecified atom stereocenters. The van der Waals surface area contributed by atoms with Crippen LogP contribution in [0.1, 0.15) is 18.9 Å². The van der Waals surface area contributed by atoms with Crippen molar-refractivity contribution in [2.45, 2.75) is 19.8 Å². The summed E-state index contributed by atoms with van der Waals surface area (Å²) in [4.78, 5) is 6.91. The lowest BCUT2D eigenvalue weighted by molar-refractivity contribution is 0.157. The van der Waals surface area contributed by atoms with Crippen molar-refractivity contribution in [1.29, 1.82) is 0 Å². The maximum Gasteiger partial charge on any atom is 0.194 e. The fourth-order valence-electron chi connectivity index (χ4n) is 3.06. The van der Waals surface area contributed by atoms with Crippen molar-refractivity contribution in [1.82, 2.24) is 20.0 Å². The number of sulfone groups is 1. The molecule has 0 bridgehead atoms. The van der Waals surface area contributed by atoms with Crippen molar-refractivity contribution in [2.75, 3.05) is 51.4 Å². The molecular weight excluding hydrogens is 481 g/mol. The summed E-state index contributed by atoms with van der Waals surface area (Å²) in [6.07, 6.45) is 7.42. The predicted molar refractivity (Wildman–Crippen MR) is 119 cm³/mol. The van der Waals surface area contributed by atoms with Gasteiger partial charge in [-0.1, -0.05) is 0 Å². The second-order valence-corrected chi connectivity index (χ2v) is 9.06. The van der Waals surface area contributed by atoms with Crippen LogP contribution in [0.4, 0.5) is 0 Å². The topological polar surface area (TPSA) is 88.8 Å². The minimum atomic E-state index is -2.97. The number of guanidine groups is 1. The largest absolute Gasteiger partial charge is 0.378 e. The van der Waals surface area contributed by atoms with Crippen LogP contribution in [0, 0.1) is 5.92 Å². The van der Waals surface area contributed by atoms with Gasteiger partial charge in [-0.3, -0.25) is 9.67 Å². The highest BCUT2D eigenvalue weighted by Gasteiger charge is 2.25. The molecule has 1 fully saturated rings. The number of aromatic nitrogens is 2. The van der Waals surface area contributed by atoms with Gasteiger partial charge in [-0.15, -0.1) is 24.0 Å². The summed E-state index contributed by atoms with van der Waals surface area (Å²) in [7, 11) is -1.02. The zero-order chi connectivity index (χ0) is 19.0. The first kappa shape index (κ1) is 24.2. The lowest BCUT2D eigenvalue weighted by Gasteiger charge is -2.21. The number of likely N-dealkylation sites (tertiary alicyclic amines) is 1. The third kappa shape index (κ3) is 9.24. The van der Waals surface area contributed by atoms with Gasteiger partial charge in [-0.05, 0) is 31.2 Å². The van der Waals surface area contributed by atoms with Crippen LogP contribution in [0.25, 0.3) is 0 Å². The van der Waals surface area contributed by atoms with E-state index in [0.29, 0.717) is 19.1 Å². The van der Waals surface area contributed by atoms with Crippen LogP contribution in [-0.2, 0) is 28.0 Å². The Morgan fingerprint density at radius 3 is 2.85 bits per heavy atom. The van der Waals surface area contributed by atoms with Gasteiger partial charge in [0.25, 0.3) is 0 Å². The van der Waals surface area contributed by atoms with E-state index in [4.69, 9.17) is 4.74 Å². The van der Waals surface area contributed by atoms with Gasteiger partial charge >= 0.3 is 0 Å². The molecule has 1 aromatic heterocycles. The molecule has 1 N–H and O–H groups in total. The first-order valence-electron chi connectivity index (χ1n) is 9.13. The fraction of sp³-hybridized carbons (Fsp3) is 0.765. The van der Waals surface area contributed by atoms with E-state index in [-0.39, 0.29) is 36.3 Å². The van der Waals surface area contributed by atoms with Gasteiger partial charge in [-0.2, -0.15) is 5.10 Å². The highest BCUT2D eigenvalue weighted by molar-refractivity contribution is 14.0. The first-order chi connectivity index (χ1) is 12.4. The summed E-state index contributed by atoms with van der Waals surface area (Å²) in [6, 6.07) is 0. The molecule has 0 spiro atoms. The molecule has 8 nitrogen and oxygen atoms in total. The van der Waals surface area contributed by atoms with Gasteiger partial charge in [0.15, 0.2) is 5.96 Å². The third-order valence-corrected chi connectivity index (χ3v) is 5.21. The number of aliphatic imine (C=N–C) groups is 1. The van der Waals surface area contributed by atoms with Crippen LogP contribution in [0.15, 0.2) is 17.4 Å². The van der Waals surface area contributed by atoms with Crippen LogP contribution in [0.3, 0.4) is 0 Å². The zero-order valence-electron chi connectivity index (χ0n) is 16.4. The Balaban J connectivity index is 0.00000364. The molecule has 27 heavy (non-hydrogen) atoms. The number of nitrogens with one attached hydrogen (secondary N) is 1. The van der Waals surface area contributed by atoms with Crippen LogP contribution >= 0.6 is 24.0 Å². The summed E-state index contributed by atoms with van der Waals surface area (Å²) in [5.74, 6) is 1.57. The van der Waals surface area contributed by atoms with E-state index in [0.717, 1.165) is 38.4 Å². The Morgan fingerprint density at radius 1 is 1.44 bits per heavy atom. The Bertz CT molecular complexity index is 692. The molecule has 2 heterocycles. The molecule has 1 aromatic rings. The molecular formula is C17H32IN5O3S. The van der Waals surface area contributed by atoms with Gasteiger partial charge in [0, 0.05) is 39.1 Å². The summed E-state index contributed by atoms with van der Waals surface area (Å²) < 4.78 is 29.3. The van der Waals surface area contributed by atoms with Crippen molar-refractivity contribution in [3.63, 3.8) is 0 Å². The molecule has 10 heteroatoms. The van der Waals surface area contributed by atoms with Crippen molar-refractivity contribution >= 4 is 39.8 Å². The van der Waals surface area contributed by atoms with E-state index < -0.39 is 9.84 Å². The van der Waals surface area contributed by atoms with E-state index in [1.807, 2.05) is 17.9 Å². The lowest BCUT2D eigenvalue weighted by Crippen LogP contribution is -2.40. The first-order valence-corrected chi connectivity index (χ1v) is 11.2. The molecule has 0 radical (unpaired) electrons. The maximum atomic E-state index is 11.1. The number of halogens is 1. The molecule has 0 amide bonds. The van der Waals surface area contributed by atoms with E-state index in [9.17, 15) is 8.42 Å². The normalized spacial score (nSPS) is 17.8. The minimum Gasteiger partial charge on any atom is -0.378 e. The molecule has 0 aromatic carbocycles. The molecule has 1 aliphatic rings. The van der Waals surface area contributed by atoms with Crippen molar-refractivity contribution in [3.05, 3.63) is 18.0 Å². The number of hydrogen-bond acceptors (Lipinski definition) is 5. The molecule has 156 valence electrons. The fourth-order valence-corrected chi connectivity index (χ4v) is 3.48. The van der Waals surface area contributed by atoms with Gasteiger partial charge in [0.05, 0.1) is 31.7 Å². The van der Waals surface area contributed by atoms with E-state index in [2.05, 4.69) is 33.4 Å². The third-order valence-electron chi connectivity index (χ3n) is 4.30.